The van der Waals surface area contributed by atoms with Crippen molar-refractivity contribution < 1.29 is 13.2 Å². The highest BCUT2D eigenvalue weighted by atomic mass is 32.2. The molecule has 0 amide bonds. The molecule has 0 spiro atoms. The van der Waals surface area contributed by atoms with Gasteiger partial charge in [-0.25, -0.2) is 8.42 Å². The van der Waals surface area contributed by atoms with Crippen molar-refractivity contribution in [2.45, 2.75) is 57.1 Å². The van der Waals surface area contributed by atoms with E-state index in [1.165, 1.54) is 10.9 Å². The summed E-state index contributed by atoms with van der Waals surface area (Å²) in [5.74, 6) is 0.288. The molecular weight excluding hydrogens is 302 g/mol. The van der Waals surface area contributed by atoms with Crippen LogP contribution in [-0.2, 0) is 21.8 Å². The fraction of sp³-hybridized carbons (Fsp3) is 0.800. The molecule has 0 aliphatic carbocycles. The summed E-state index contributed by atoms with van der Waals surface area (Å²) < 4.78 is 34.8. The first-order valence-corrected chi connectivity index (χ1v) is 9.42. The molecule has 1 aromatic rings. The van der Waals surface area contributed by atoms with Crippen LogP contribution in [0.5, 0.6) is 0 Å². The Balaban J connectivity index is 2.20. The van der Waals surface area contributed by atoms with Crippen LogP contribution in [0.4, 0.5) is 0 Å². The van der Waals surface area contributed by atoms with E-state index >= 15 is 0 Å². The molecule has 1 aliphatic rings. The predicted molar refractivity (Wildman–Crippen MR) is 85.0 cm³/mol. The number of rotatable bonds is 6. The molecule has 1 saturated heterocycles. The predicted octanol–water partition coefficient (Wildman–Crippen LogP) is 2.02. The summed E-state index contributed by atoms with van der Waals surface area (Å²) >= 11 is 0. The van der Waals surface area contributed by atoms with Crippen LogP contribution < -0.4 is 0 Å². The Bertz CT molecular complexity index is 583. The Morgan fingerprint density at radius 3 is 2.68 bits per heavy atom. The molecule has 7 heteroatoms. The van der Waals surface area contributed by atoms with Crippen LogP contribution in [0.25, 0.3) is 0 Å². The van der Waals surface area contributed by atoms with Gasteiger partial charge in [0.2, 0.25) is 10.0 Å². The quantitative estimate of drug-likeness (QED) is 0.801. The number of aromatic nitrogens is 2. The van der Waals surface area contributed by atoms with Gasteiger partial charge in [-0.2, -0.15) is 9.40 Å². The Morgan fingerprint density at radius 2 is 2.14 bits per heavy atom. The molecular formula is C15H27N3O3S. The van der Waals surface area contributed by atoms with Gasteiger partial charge in [-0.1, -0.05) is 33.6 Å². The highest BCUT2D eigenvalue weighted by Crippen LogP contribution is 2.25. The van der Waals surface area contributed by atoms with Crippen LogP contribution in [0.1, 0.15) is 40.0 Å². The standard InChI is InChI=1S/C15H27N3O3S/c1-5-6-7-13-9-18(11-15(21-13)12(2)3)22(19,20)14-8-16-17(4)10-14/h8,10,12-13,15H,5-7,9,11H2,1-4H3/t13-,15-/m1/s1. The van der Waals surface area contributed by atoms with Gasteiger partial charge in [0.15, 0.2) is 0 Å². The summed E-state index contributed by atoms with van der Waals surface area (Å²) in [7, 11) is -1.77. The number of unbranched alkanes of at least 4 members (excludes halogenated alkanes) is 1. The molecule has 0 saturated carbocycles. The van der Waals surface area contributed by atoms with Gasteiger partial charge >= 0.3 is 0 Å². The average Bonchev–Trinajstić information content (AvgIpc) is 2.92. The summed E-state index contributed by atoms with van der Waals surface area (Å²) in [6.07, 6.45) is 5.93. The molecule has 22 heavy (non-hydrogen) atoms. The third-order valence-electron chi connectivity index (χ3n) is 4.10. The van der Waals surface area contributed by atoms with Gasteiger partial charge in [0.25, 0.3) is 0 Å². The van der Waals surface area contributed by atoms with Crippen molar-refractivity contribution in [3.8, 4) is 0 Å². The topological polar surface area (TPSA) is 64.4 Å². The van der Waals surface area contributed by atoms with Gasteiger partial charge < -0.3 is 4.74 Å². The zero-order valence-corrected chi connectivity index (χ0v) is 14.7. The van der Waals surface area contributed by atoms with E-state index in [-0.39, 0.29) is 23.0 Å². The Hall–Kier alpha value is -0.920. The highest BCUT2D eigenvalue weighted by Gasteiger charge is 2.36. The SMILES string of the molecule is CCCC[C@@H]1CN(S(=O)(=O)c2cnn(C)c2)C[C@H](C(C)C)O1. The number of ether oxygens (including phenoxy) is 1. The second-order valence-electron chi connectivity index (χ2n) is 6.35. The molecule has 0 unspecified atom stereocenters. The normalized spacial score (nSPS) is 24.0. The molecule has 2 heterocycles. The number of aryl methyl sites for hydroxylation is 1. The van der Waals surface area contributed by atoms with Crippen molar-refractivity contribution in [3.63, 3.8) is 0 Å². The molecule has 126 valence electrons. The Kier molecular flexibility index (Phi) is 5.63. The zero-order chi connectivity index (χ0) is 16.3. The summed E-state index contributed by atoms with van der Waals surface area (Å²) in [4.78, 5) is 0.258. The van der Waals surface area contributed by atoms with Crippen molar-refractivity contribution >= 4 is 10.0 Å². The lowest BCUT2D eigenvalue weighted by molar-refractivity contribution is -0.0858. The van der Waals surface area contributed by atoms with Crippen LogP contribution in [0.15, 0.2) is 17.3 Å². The molecule has 0 aromatic carbocycles. The third-order valence-corrected chi connectivity index (χ3v) is 5.88. The van der Waals surface area contributed by atoms with Gasteiger partial charge in [-0.3, -0.25) is 4.68 Å². The molecule has 1 fully saturated rings. The van der Waals surface area contributed by atoms with Gasteiger partial charge in [0.05, 0.1) is 18.4 Å². The largest absolute Gasteiger partial charge is 0.372 e. The van der Waals surface area contributed by atoms with Gasteiger partial charge in [0.1, 0.15) is 4.90 Å². The van der Waals surface area contributed by atoms with E-state index in [2.05, 4.69) is 25.9 Å². The number of nitrogens with zero attached hydrogens (tertiary/aromatic N) is 3. The maximum atomic E-state index is 12.8. The first kappa shape index (κ1) is 17.4. The lowest BCUT2D eigenvalue weighted by Crippen LogP contribution is -2.51. The van der Waals surface area contributed by atoms with E-state index in [4.69, 9.17) is 4.74 Å². The minimum absolute atomic E-state index is 0.0208. The second kappa shape index (κ2) is 7.10. The fourth-order valence-corrected chi connectivity index (χ4v) is 4.14. The molecule has 0 N–H and O–H groups in total. The van der Waals surface area contributed by atoms with Gasteiger partial charge in [-0.05, 0) is 12.3 Å². The van der Waals surface area contributed by atoms with Crippen molar-refractivity contribution in [1.82, 2.24) is 14.1 Å². The van der Waals surface area contributed by atoms with Crippen LogP contribution in [0, 0.1) is 5.92 Å². The summed E-state index contributed by atoms with van der Waals surface area (Å²) in [6, 6.07) is 0. The number of sulfonamides is 1. The molecule has 0 bridgehead atoms. The number of hydrogen-bond acceptors (Lipinski definition) is 4. The van der Waals surface area contributed by atoms with E-state index in [1.807, 2.05) is 0 Å². The van der Waals surface area contributed by atoms with Crippen LogP contribution in [0.2, 0.25) is 0 Å². The smallest absolute Gasteiger partial charge is 0.246 e. The minimum Gasteiger partial charge on any atom is -0.372 e. The molecule has 6 nitrogen and oxygen atoms in total. The van der Waals surface area contributed by atoms with E-state index < -0.39 is 10.0 Å². The lowest BCUT2D eigenvalue weighted by atomic mass is 10.0. The van der Waals surface area contributed by atoms with Crippen molar-refractivity contribution in [2.24, 2.45) is 13.0 Å². The summed E-state index contributed by atoms with van der Waals surface area (Å²) in [5, 5.41) is 3.98. The molecule has 0 radical (unpaired) electrons. The Labute approximate surface area is 133 Å². The number of morpholine rings is 1. The molecule has 2 atom stereocenters. The third kappa shape index (κ3) is 3.88. The lowest BCUT2D eigenvalue weighted by Gasteiger charge is -2.39. The van der Waals surface area contributed by atoms with E-state index in [1.54, 1.807) is 17.5 Å². The van der Waals surface area contributed by atoms with Crippen LogP contribution in [-0.4, -0.2) is 47.8 Å². The van der Waals surface area contributed by atoms with Crippen LogP contribution in [0.3, 0.4) is 0 Å². The van der Waals surface area contributed by atoms with Crippen molar-refractivity contribution in [1.29, 1.82) is 0 Å². The second-order valence-corrected chi connectivity index (χ2v) is 8.29. The highest BCUT2D eigenvalue weighted by molar-refractivity contribution is 7.89. The molecule has 2 rings (SSSR count). The van der Waals surface area contributed by atoms with E-state index in [0.29, 0.717) is 13.1 Å². The molecule has 1 aromatic heterocycles. The zero-order valence-electron chi connectivity index (χ0n) is 13.9. The average molecular weight is 329 g/mol. The number of hydrogen-bond donors (Lipinski definition) is 0. The van der Waals surface area contributed by atoms with Crippen molar-refractivity contribution in [3.05, 3.63) is 12.4 Å². The summed E-state index contributed by atoms with van der Waals surface area (Å²) in [5.41, 5.74) is 0. The monoisotopic (exact) mass is 329 g/mol. The van der Waals surface area contributed by atoms with E-state index in [0.717, 1.165) is 19.3 Å². The van der Waals surface area contributed by atoms with Crippen LogP contribution >= 0.6 is 0 Å². The maximum absolute atomic E-state index is 12.8. The van der Waals surface area contributed by atoms with E-state index in [9.17, 15) is 8.42 Å². The minimum atomic E-state index is -3.50. The first-order valence-electron chi connectivity index (χ1n) is 7.98. The fourth-order valence-electron chi connectivity index (χ4n) is 2.67. The summed E-state index contributed by atoms with van der Waals surface area (Å²) in [6.45, 7) is 7.12. The first-order chi connectivity index (χ1) is 10.3. The van der Waals surface area contributed by atoms with Gasteiger partial charge in [-0.15, -0.1) is 0 Å². The maximum Gasteiger partial charge on any atom is 0.246 e. The van der Waals surface area contributed by atoms with Gasteiger partial charge in [0, 0.05) is 26.3 Å². The Morgan fingerprint density at radius 1 is 1.41 bits per heavy atom. The molecule has 1 aliphatic heterocycles. The van der Waals surface area contributed by atoms with Crippen molar-refractivity contribution in [2.75, 3.05) is 13.1 Å².